The predicted molar refractivity (Wildman–Crippen MR) is 128 cm³/mol. The molecule has 0 saturated carbocycles. The molecular weight excluding hydrogens is 424 g/mol. The summed E-state index contributed by atoms with van der Waals surface area (Å²) in [6.45, 7) is 6.94. The Labute approximate surface area is 191 Å². The molecule has 1 atom stereocenters. The Balaban J connectivity index is 2.08. The molecule has 0 heterocycles. The van der Waals surface area contributed by atoms with Gasteiger partial charge in [-0.15, -0.1) is 0 Å². The monoisotopic (exact) mass is 458 g/mol. The first kappa shape index (κ1) is 25.4. The van der Waals surface area contributed by atoms with Gasteiger partial charge in [0.2, 0.25) is 5.91 Å². The summed E-state index contributed by atoms with van der Waals surface area (Å²) in [7, 11) is 1.88. The van der Waals surface area contributed by atoms with Gasteiger partial charge in [0.25, 0.3) is 0 Å². The summed E-state index contributed by atoms with van der Waals surface area (Å²) in [5.41, 5.74) is 7.68. The predicted octanol–water partition coefficient (Wildman–Crippen LogP) is 3.51. The Hall–Kier alpha value is -2.84. The Morgan fingerprint density at radius 2 is 1.38 bits per heavy atom. The Morgan fingerprint density at radius 1 is 0.906 bits per heavy atom. The maximum absolute atomic E-state index is 12.8. The molecule has 2 rings (SSSR count). The molecule has 2 aromatic carbocycles. The summed E-state index contributed by atoms with van der Waals surface area (Å²) in [4.78, 5) is 24.9. The van der Waals surface area contributed by atoms with Crippen LogP contribution in [0.25, 0.3) is 0 Å². The first-order valence-electron chi connectivity index (χ1n) is 10.6. The Morgan fingerprint density at radius 3 is 1.78 bits per heavy atom. The molecule has 0 aliphatic heterocycles. The van der Waals surface area contributed by atoms with Crippen LogP contribution in [0.15, 0.2) is 48.5 Å². The highest BCUT2D eigenvalue weighted by atomic mass is 28.3. The number of nitrogens with one attached hydrogen (secondary N) is 1. The molecule has 174 valence electrons. The fourth-order valence-electron chi connectivity index (χ4n) is 3.02. The third-order valence-electron chi connectivity index (χ3n) is 5.01. The van der Waals surface area contributed by atoms with Crippen molar-refractivity contribution >= 4 is 20.0 Å². The fourth-order valence-corrected chi connectivity index (χ4v) is 3.73. The second-order valence-electron chi connectivity index (χ2n) is 8.84. The number of rotatable bonds is 11. The molecule has 0 aliphatic carbocycles. The second kappa shape index (κ2) is 11.7. The van der Waals surface area contributed by atoms with Gasteiger partial charge in [-0.05, 0) is 41.4 Å². The molecule has 0 aliphatic rings. The van der Waals surface area contributed by atoms with Crippen molar-refractivity contribution in [2.45, 2.75) is 44.2 Å². The number of esters is 1. The van der Waals surface area contributed by atoms with Crippen LogP contribution in [0.5, 0.6) is 11.5 Å². The van der Waals surface area contributed by atoms with E-state index in [0.717, 1.165) is 28.7 Å². The van der Waals surface area contributed by atoms with Crippen LogP contribution in [-0.2, 0) is 14.3 Å². The molecule has 2 aromatic rings. The molecule has 0 bridgehead atoms. The van der Waals surface area contributed by atoms with Crippen LogP contribution >= 0.6 is 0 Å². The molecule has 0 radical (unpaired) electrons. The van der Waals surface area contributed by atoms with Crippen molar-refractivity contribution in [2.75, 3.05) is 20.8 Å². The summed E-state index contributed by atoms with van der Waals surface area (Å²) >= 11 is 0. The Bertz CT molecular complexity index is 831. The first-order valence-corrected chi connectivity index (χ1v) is 14.3. The van der Waals surface area contributed by atoms with Gasteiger partial charge >= 0.3 is 5.97 Å². The highest BCUT2D eigenvalue weighted by Crippen LogP contribution is 2.26. The lowest BCUT2D eigenvalue weighted by molar-refractivity contribution is -0.146. The van der Waals surface area contributed by atoms with Crippen molar-refractivity contribution in [3.63, 3.8) is 0 Å². The quantitative estimate of drug-likeness (QED) is 0.395. The molecule has 32 heavy (non-hydrogen) atoms. The van der Waals surface area contributed by atoms with Crippen LogP contribution < -0.4 is 20.5 Å². The molecule has 3 N–H and O–H groups in total. The standard InChI is InChI=1S/C24H34N2O5Si/c1-29-19-10-6-17(7-11-19)23(18-8-12-20(30-2)13-9-18)26-22(27)16-21(25)24(28)31-14-15-32(3,4)5/h6-13,21,23H,14-16,25H2,1-5H3,(H,26,27)/t21-/m0/s1. The van der Waals surface area contributed by atoms with E-state index in [1.54, 1.807) is 14.2 Å². The second-order valence-corrected chi connectivity index (χ2v) is 14.5. The van der Waals surface area contributed by atoms with Crippen molar-refractivity contribution in [1.29, 1.82) is 0 Å². The van der Waals surface area contributed by atoms with Crippen molar-refractivity contribution in [2.24, 2.45) is 5.73 Å². The number of methoxy groups -OCH3 is 2. The number of carbonyl (C=O) groups is 2. The molecular formula is C24H34N2O5Si. The lowest BCUT2D eigenvalue weighted by Crippen LogP contribution is -2.40. The number of nitrogens with two attached hydrogens (primary N) is 1. The van der Waals surface area contributed by atoms with E-state index >= 15 is 0 Å². The number of hydrogen-bond donors (Lipinski definition) is 2. The van der Waals surface area contributed by atoms with Crippen LogP contribution in [0.1, 0.15) is 23.6 Å². The van der Waals surface area contributed by atoms with Gasteiger partial charge in [0.15, 0.2) is 0 Å². The molecule has 8 heteroatoms. The van der Waals surface area contributed by atoms with Gasteiger partial charge in [-0.3, -0.25) is 9.59 Å². The SMILES string of the molecule is COc1ccc(C(NC(=O)C[C@H](N)C(=O)OCC[Si](C)(C)C)c2ccc(OC)cc2)cc1. The van der Waals surface area contributed by atoms with Crippen molar-refractivity contribution < 1.29 is 23.8 Å². The Kier molecular flexibility index (Phi) is 9.28. The van der Waals surface area contributed by atoms with E-state index in [-0.39, 0.29) is 12.3 Å². The van der Waals surface area contributed by atoms with Crippen molar-refractivity contribution in [3.05, 3.63) is 59.7 Å². The van der Waals surface area contributed by atoms with Crippen molar-refractivity contribution in [1.82, 2.24) is 5.32 Å². The largest absolute Gasteiger partial charge is 0.497 e. The molecule has 7 nitrogen and oxygen atoms in total. The maximum Gasteiger partial charge on any atom is 0.323 e. The number of benzene rings is 2. The average molecular weight is 459 g/mol. The van der Waals surface area contributed by atoms with E-state index in [0.29, 0.717) is 6.61 Å². The van der Waals surface area contributed by atoms with Gasteiger partial charge < -0.3 is 25.3 Å². The fraction of sp³-hybridized carbons (Fsp3) is 0.417. The van der Waals surface area contributed by atoms with E-state index in [1.807, 2.05) is 48.5 Å². The molecule has 1 amide bonds. The third-order valence-corrected chi connectivity index (χ3v) is 6.71. The van der Waals surface area contributed by atoms with Gasteiger partial charge in [0.05, 0.1) is 33.3 Å². The highest BCUT2D eigenvalue weighted by molar-refractivity contribution is 6.76. The van der Waals surface area contributed by atoms with Crippen LogP contribution in [-0.4, -0.2) is 46.8 Å². The average Bonchev–Trinajstić information content (AvgIpc) is 2.76. The molecule has 0 spiro atoms. The van der Waals surface area contributed by atoms with E-state index in [9.17, 15) is 9.59 Å². The molecule has 0 fully saturated rings. The number of carbonyl (C=O) groups excluding carboxylic acids is 2. The number of hydrogen-bond acceptors (Lipinski definition) is 6. The summed E-state index contributed by atoms with van der Waals surface area (Å²) in [6, 6.07) is 14.3. The normalized spacial score (nSPS) is 12.2. The molecule has 0 aromatic heterocycles. The smallest absolute Gasteiger partial charge is 0.323 e. The van der Waals surface area contributed by atoms with E-state index in [4.69, 9.17) is 19.9 Å². The molecule has 0 saturated heterocycles. The molecule has 0 unspecified atom stereocenters. The summed E-state index contributed by atoms with van der Waals surface area (Å²) in [5.74, 6) is 0.549. The zero-order chi connectivity index (χ0) is 23.7. The van der Waals surface area contributed by atoms with Crippen LogP contribution in [0.4, 0.5) is 0 Å². The van der Waals surface area contributed by atoms with Gasteiger partial charge in [-0.1, -0.05) is 43.9 Å². The first-order chi connectivity index (χ1) is 15.1. The summed E-state index contributed by atoms with van der Waals surface area (Å²) in [6.07, 6.45) is -0.158. The van der Waals surface area contributed by atoms with E-state index in [1.165, 1.54) is 0 Å². The van der Waals surface area contributed by atoms with Gasteiger partial charge in [0.1, 0.15) is 17.5 Å². The summed E-state index contributed by atoms with van der Waals surface area (Å²) < 4.78 is 15.7. The maximum atomic E-state index is 12.8. The van der Waals surface area contributed by atoms with E-state index < -0.39 is 26.1 Å². The number of amides is 1. The van der Waals surface area contributed by atoms with Gasteiger partial charge in [-0.2, -0.15) is 0 Å². The minimum Gasteiger partial charge on any atom is -0.497 e. The minimum absolute atomic E-state index is 0.158. The van der Waals surface area contributed by atoms with Crippen LogP contribution in [0, 0.1) is 0 Å². The topological polar surface area (TPSA) is 99.9 Å². The van der Waals surface area contributed by atoms with E-state index in [2.05, 4.69) is 25.0 Å². The zero-order valence-electron chi connectivity index (χ0n) is 19.5. The zero-order valence-corrected chi connectivity index (χ0v) is 20.5. The minimum atomic E-state index is -1.32. The van der Waals surface area contributed by atoms with Gasteiger partial charge in [0, 0.05) is 8.07 Å². The summed E-state index contributed by atoms with van der Waals surface area (Å²) in [5, 5.41) is 2.99. The number of ether oxygens (including phenoxy) is 3. The van der Waals surface area contributed by atoms with Crippen molar-refractivity contribution in [3.8, 4) is 11.5 Å². The highest BCUT2D eigenvalue weighted by Gasteiger charge is 2.23. The third kappa shape index (κ3) is 8.01. The van der Waals surface area contributed by atoms with Gasteiger partial charge in [-0.25, -0.2) is 0 Å². The van der Waals surface area contributed by atoms with Crippen LogP contribution in [0.3, 0.4) is 0 Å². The van der Waals surface area contributed by atoms with Crippen LogP contribution in [0.2, 0.25) is 25.7 Å². The lowest BCUT2D eigenvalue weighted by atomic mass is 9.98. The lowest BCUT2D eigenvalue weighted by Gasteiger charge is -2.21.